The van der Waals surface area contributed by atoms with Crippen LogP contribution in [0.4, 0.5) is 5.82 Å². The van der Waals surface area contributed by atoms with E-state index in [9.17, 15) is 9.59 Å². The van der Waals surface area contributed by atoms with E-state index >= 15 is 0 Å². The van der Waals surface area contributed by atoms with Gasteiger partial charge in [0.25, 0.3) is 5.91 Å². The van der Waals surface area contributed by atoms with Crippen molar-refractivity contribution in [2.24, 2.45) is 5.92 Å². The highest BCUT2D eigenvalue weighted by molar-refractivity contribution is 5.95. The summed E-state index contributed by atoms with van der Waals surface area (Å²) in [6.07, 6.45) is 7.14. The van der Waals surface area contributed by atoms with Crippen LogP contribution in [-0.4, -0.2) is 35.2 Å². The predicted octanol–water partition coefficient (Wildman–Crippen LogP) is 3.61. The number of anilines is 1. The first-order chi connectivity index (χ1) is 14.1. The summed E-state index contributed by atoms with van der Waals surface area (Å²) in [6, 6.07) is 9.20. The van der Waals surface area contributed by atoms with Gasteiger partial charge >= 0.3 is 0 Å². The van der Waals surface area contributed by atoms with Gasteiger partial charge in [0.2, 0.25) is 5.91 Å². The van der Waals surface area contributed by atoms with Crippen molar-refractivity contribution >= 4 is 17.6 Å². The number of benzene rings is 1. The Morgan fingerprint density at radius 2 is 1.93 bits per heavy atom. The van der Waals surface area contributed by atoms with Crippen LogP contribution < -0.4 is 15.4 Å². The molecule has 1 aromatic heterocycles. The zero-order valence-electron chi connectivity index (χ0n) is 16.7. The van der Waals surface area contributed by atoms with Crippen LogP contribution >= 0.6 is 0 Å². The van der Waals surface area contributed by atoms with E-state index in [0.717, 1.165) is 44.2 Å². The van der Waals surface area contributed by atoms with Crippen LogP contribution in [-0.2, 0) is 4.79 Å². The van der Waals surface area contributed by atoms with Gasteiger partial charge in [-0.3, -0.25) is 14.7 Å². The third kappa shape index (κ3) is 4.60. The molecule has 7 heteroatoms. The maximum atomic E-state index is 12.4. The second-order valence-electron chi connectivity index (χ2n) is 8.10. The second-order valence-corrected chi connectivity index (χ2v) is 8.10. The summed E-state index contributed by atoms with van der Waals surface area (Å²) in [7, 11) is 1.59. The average molecular weight is 396 g/mol. The van der Waals surface area contributed by atoms with Crippen LogP contribution in [0, 0.1) is 5.92 Å². The van der Waals surface area contributed by atoms with Crippen molar-refractivity contribution in [2.45, 2.75) is 56.9 Å². The van der Waals surface area contributed by atoms with Crippen molar-refractivity contribution in [3.8, 4) is 5.75 Å². The summed E-state index contributed by atoms with van der Waals surface area (Å²) in [5.74, 6) is 1.76. The number of amides is 2. The van der Waals surface area contributed by atoms with Gasteiger partial charge in [0, 0.05) is 29.5 Å². The number of carbonyl (C=O) groups excluding carboxylic acids is 2. The van der Waals surface area contributed by atoms with Crippen molar-refractivity contribution in [2.75, 3.05) is 12.4 Å². The lowest BCUT2D eigenvalue weighted by atomic mass is 9.78. The summed E-state index contributed by atoms with van der Waals surface area (Å²) in [5.41, 5.74) is 1.54. The first kappa shape index (κ1) is 19.5. The third-order valence-corrected chi connectivity index (χ3v) is 6.05. The van der Waals surface area contributed by atoms with Gasteiger partial charge in [-0.2, -0.15) is 5.10 Å². The predicted molar refractivity (Wildman–Crippen MR) is 110 cm³/mol. The van der Waals surface area contributed by atoms with Crippen LogP contribution in [0.1, 0.15) is 66.9 Å². The topological polar surface area (TPSA) is 96.1 Å². The number of ether oxygens (including phenoxy) is 1. The number of hydrogen-bond donors (Lipinski definition) is 3. The van der Waals surface area contributed by atoms with Gasteiger partial charge in [-0.15, -0.1) is 0 Å². The molecule has 1 aromatic carbocycles. The van der Waals surface area contributed by atoms with E-state index in [-0.39, 0.29) is 23.8 Å². The standard InChI is InChI=1S/C22H28N4O3/c1-29-18-9-5-8-15(12-18)22(28)23-17-10-16(11-17)19-13-20(26-25-19)24-21(27)14-6-3-2-4-7-14/h5,8-9,12-14,16-17H,2-4,6-7,10-11H2,1H3,(H,23,28)(H2,24,25,26,27). The lowest BCUT2D eigenvalue weighted by molar-refractivity contribution is -0.120. The van der Waals surface area contributed by atoms with Crippen LogP contribution in [0.15, 0.2) is 30.3 Å². The maximum absolute atomic E-state index is 12.4. The summed E-state index contributed by atoms with van der Waals surface area (Å²) in [4.78, 5) is 24.8. The Bertz CT molecular complexity index is 866. The highest BCUT2D eigenvalue weighted by Gasteiger charge is 2.33. The van der Waals surface area contributed by atoms with Gasteiger partial charge in [-0.1, -0.05) is 25.3 Å². The Labute approximate surface area is 170 Å². The molecule has 1 heterocycles. The van der Waals surface area contributed by atoms with Crippen molar-refractivity contribution in [1.29, 1.82) is 0 Å². The molecule has 0 bridgehead atoms. The number of nitrogens with zero attached hydrogens (tertiary/aromatic N) is 1. The molecule has 2 fully saturated rings. The monoisotopic (exact) mass is 396 g/mol. The minimum Gasteiger partial charge on any atom is -0.497 e. The highest BCUT2D eigenvalue weighted by atomic mass is 16.5. The van der Waals surface area contributed by atoms with Crippen molar-refractivity contribution in [3.63, 3.8) is 0 Å². The summed E-state index contributed by atoms with van der Waals surface area (Å²) in [6.45, 7) is 0. The number of carbonyl (C=O) groups is 2. The number of aromatic nitrogens is 2. The first-order valence-corrected chi connectivity index (χ1v) is 10.4. The molecule has 7 nitrogen and oxygen atoms in total. The number of H-pyrrole nitrogens is 1. The summed E-state index contributed by atoms with van der Waals surface area (Å²) < 4.78 is 5.17. The first-order valence-electron chi connectivity index (χ1n) is 10.4. The molecule has 0 radical (unpaired) electrons. The molecule has 2 aliphatic carbocycles. The number of methoxy groups -OCH3 is 1. The highest BCUT2D eigenvalue weighted by Crippen LogP contribution is 2.37. The lowest BCUT2D eigenvalue weighted by Crippen LogP contribution is -2.43. The number of nitrogens with one attached hydrogen (secondary N) is 3. The lowest BCUT2D eigenvalue weighted by Gasteiger charge is -2.34. The molecule has 0 atom stereocenters. The van der Waals surface area contributed by atoms with E-state index in [0.29, 0.717) is 23.0 Å². The maximum Gasteiger partial charge on any atom is 0.251 e. The molecule has 2 aliphatic rings. The largest absolute Gasteiger partial charge is 0.497 e. The number of rotatable bonds is 6. The Kier molecular flexibility index (Phi) is 5.83. The quantitative estimate of drug-likeness (QED) is 0.695. The molecule has 0 unspecified atom stereocenters. The fraction of sp³-hybridized carbons (Fsp3) is 0.500. The van der Waals surface area contributed by atoms with Crippen molar-refractivity contribution in [3.05, 3.63) is 41.6 Å². The van der Waals surface area contributed by atoms with E-state index in [1.54, 1.807) is 19.2 Å². The molecule has 2 amide bonds. The van der Waals surface area contributed by atoms with Crippen LogP contribution in [0.3, 0.4) is 0 Å². The van der Waals surface area contributed by atoms with Gasteiger partial charge in [0.1, 0.15) is 11.6 Å². The van der Waals surface area contributed by atoms with Gasteiger partial charge in [0.15, 0.2) is 0 Å². The molecule has 0 spiro atoms. The molecule has 154 valence electrons. The fourth-order valence-electron chi connectivity index (χ4n) is 4.22. The van der Waals surface area contributed by atoms with E-state index in [1.807, 2.05) is 18.2 Å². The molecule has 2 saturated carbocycles. The average Bonchev–Trinajstić information content (AvgIpc) is 3.18. The molecule has 0 aliphatic heterocycles. The Hall–Kier alpha value is -2.83. The Morgan fingerprint density at radius 3 is 2.69 bits per heavy atom. The fourth-order valence-corrected chi connectivity index (χ4v) is 4.22. The van der Waals surface area contributed by atoms with Gasteiger partial charge in [-0.25, -0.2) is 0 Å². The molecule has 3 N–H and O–H groups in total. The zero-order valence-corrected chi connectivity index (χ0v) is 16.7. The van der Waals surface area contributed by atoms with Gasteiger partial charge in [-0.05, 0) is 43.9 Å². The SMILES string of the molecule is COc1cccc(C(=O)NC2CC(c3cc(NC(=O)C4CCCCC4)[nH]n3)C2)c1. The molecular weight excluding hydrogens is 368 g/mol. The minimum atomic E-state index is -0.0881. The normalized spacial score (nSPS) is 21.8. The van der Waals surface area contributed by atoms with E-state index in [2.05, 4.69) is 20.8 Å². The molecule has 4 rings (SSSR count). The molecule has 0 saturated heterocycles. The van der Waals surface area contributed by atoms with Crippen LogP contribution in [0.5, 0.6) is 5.75 Å². The smallest absolute Gasteiger partial charge is 0.251 e. The Morgan fingerprint density at radius 1 is 1.14 bits per heavy atom. The van der Waals surface area contributed by atoms with Crippen molar-refractivity contribution in [1.82, 2.24) is 15.5 Å². The van der Waals surface area contributed by atoms with Gasteiger partial charge < -0.3 is 15.4 Å². The number of aromatic amines is 1. The second kappa shape index (κ2) is 8.68. The zero-order chi connectivity index (χ0) is 20.2. The molecule has 2 aromatic rings. The summed E-state index contributed by atoms with van der Waals surface area (Å²) >= 11 is 0. The number of hydrogen-bond acceptors (Lipinski definition) is 4. The van der Waals surface area contributed by atoms with E-state index in [4.69, 9.17) is 4.74 Å². The van der Waals surface area contributed by atoms with Crippen LogP contribution in [0.2, 0.25) is 0 Å². The van der Waals surface area contributed by atoms with E-state index < -0.39 is 0 Å². The minimum absolute atomic E-state index is 0.0881. The summed E-state index contributed by atoms with van der Waals surface area (Å²) in [5, 5.41) is 13.3. The van der Waals surface area contributed by atoms with E-state index in [1.165, 1.54) is 6.42 Å². The molecule has 29 heavy (non-hydrogen) atoms. The Balaban J connectivity index is 1.25. The van der Waals surface area contributed by atoms with Crippen molar-refractivity contribution < 1.29 is 14.3 Å². The third-order valence-electron chi connectivity index (χ3n) is 6.05. The van der Waals surface area contributed by atoms with Crippen LogP contribution in [0.25, 0.3) is 0 Å². The van der Waals surface area contributed by atoms with Gasteiger partial charge in [0.05, 0.1) is 12.8 Å². The molecular formula is C22H28N4O3.